The highest BCUT2D eigenvalue weighted by atomic mass is 16.5. The third kappa shape index (κ3) is 2.85. The molecule has 0 saturated carbocycles. The summed E-state index contributed by atoms with van der Waals surface area (Å²) in [6.07, 6.45) is 2.39. The Morgan fingerprint density at radius 3 is 3.00 bits per heavy atom. The van der Waals surface area contributed by atoms with E-state index in [4.69, 9.17) is 10.6 Å². The highest BCUT2D eigenvalue weighted by Crippen LogP contribution is 2.11. The lowest BCUT2D eigenvalue weighted by Gasteiger charge is -2.19. The van der Waals surface area contributed by atoms with Crippen molar-refractivity contribution in [3.8, 4) is 0 Å². The minimum Gasteiger partial charge on any atom is -0.380 e. The molecule has 0 aromatic rings. The Kier molecular flexibility index (Phi) is 4.69. The first kappa shape index (κ1) is 11.3. The molecule has 1 heterocycles. The largest absolute Gasteiger partial charge is 0.380 e. The van der Waals surface area contributed by atoms with Gasteiger partial charge < -0.3 is 9.64 Å². The van der Waals surface area contributed by atoms with Gasteiger partial charge in [-0.15, -0.1) is 0 Å². The fourth-order valence-electron chi connectivity index (χ4n) is 1.57. The molecule has 0 radical (unpaired) electrons. The van der Waals surface area contributed by atoms with Gasteiger partial charge in [-0.1, -0.05) is 6.92 Å². The maximum atomic E-state index is 5.42. The standard InChI is InChI=1S/C9H20N4O/c1-3-5-11-9(12-10)13-6-4-8(7-13)14-2/h8H,3-7,10H2,1-2H3,(H,11,12). The van der Waals surface area contributed by atoms with Gasteiger partial charge in [0, 0.05) is 26.7 Å². The van der Waals surface area contributed by atoms with Crippen molar-refractivity contribution < 1.29 is 4.74 Å². The molecule has 1 aliphatic rings. The Bertz CT molecular complexity index is 195. The number of aliphatic imine (C=N–C) groups is 1. The predicted molar refractivity (Wildman–Crippen MR) is 56.9 cm³/mol. The Hall–Kier alpha value is -0.810. The van der Waals surface area contributed by atoms with E-state index in [0.29, 0.717) is 6.10 Å². The molecule has 0 aromatic heterocycles. The van der Waals surface area contributed by atoms with Crippen LogP contribution in [-0.2, 0) is 4.74 Å². The minimum atomic E-state index is 0.315. The number of ether oxygens (including phenoxy) is 1. The van der Waals surface area contributed by atoms with E-state index in [-0.39, 0.29) is 0 Å². The van der Waals surface area contributed by atoms with Gasteiger partial charge >= 0.3 is 0 Å². The van der Waals surface area contributed by atoms with Crippen LogP contribution in [0.25, 0.3) is 0 Å². The number of rotatable bonds is 3. The molecular formula is C9H20N4O. The second kappa shape index (κ2) is 5.82. The average molecular weight is 200 g/mol. The second-order valence-electron chi connectivity index (χ2n) is 3.44. The molecule has 14 heavy (non-hydrogen) atoms. The molecule has 0 spiro atoms. The van der Waals surface area contributed by atoms with Crippen LogP contribution in [0.2, 0.25) is 0 Å². The number of likely N-dealkylation sites (tertiary alicyclic amines) is 1. The van der Waals surface area contributed by atoms with Crippen LogP contribution in [0, 0.1) is 0 Å². The van der Waals surface area contributed by atoms with E-state index in [2.05, 4.69) is 22.2 Å². The van der Waals surface area contributed by atoms with Crippen molar-refractivity contribution in [3.05, 3.63) is 0 Å². The third-order valence-electron chi connectivity index (χ3n) is 2.39. The Morgan fingerprint density at radius 2 is 2.50 bits per heavy atom. The molecule has 1 fully saturated rings. The monoisotopic (exact) mass is 200 g/mol. The number of guanidine groups is 1. The fraction of sp³-hybridized carbons (Fsp3) is 0.889. The van der Waals surface area contributed by atoms with Gasteiger partial charge in [-0.05, 0) is 12.8 Å². The van der Waals surface area contributed by atoms with Crippen LogP contribution in [0.1, 0.15) is 19.8 Å². The summed E-state index contributed by atoms with van der Waals surface area (Å²) in [5.41, 5.74) is 2.64. The lowest BCUT2D eigenvalue weighted by Crippen LogP contribution is -2.44. The van der Waals surface area contributed by atoms with E-state index >= 15 is 0 Å². The minimum absolute atomic E-state index is 0.315. The molecule has 1 saturated heterocycles. The van der Waals surface area contributed by atoms with Crippen LogP contribution in [0.3, 0.4) is 0 Å². The molecule has 1 unspecified atom stereocenters. The van der Waals surface area contributed by atoms with E-state index in [9.17, 15) is 0 Å². The first-order valence-electron chi connectivity index (χ1n) is 5.10. The molecule has 1 aliphatic heterocycles. The van der Waals surface area contributed by atoms with E-state index in [1.807, 2.05) is 0 Å². The number of hydrazine groups is 1. The van der Waals surface area contributed by atoms with Crippen molar-refractivity contribution in [1.82, 2.24) is 10.3 Å². The molecule has 82 valence electrons. The summed E-state index contributed by atoms with van der Waals surface area (Å²) in [6.45, 7) is 4.75. The van der Waals surface area contributed by atoms with Crippen molar-refractivity contribution in [2.45, 2.75) is 25.9 Å². The summed E-state index contributed by atoms with van der Waals surface area (Å²) >= 11 is 0. The highest BCUT2D eigenvalue weighted by Gasteiger charge is 2.23. The zero-order chi connectivity index (χ0) is 10.4. The number of hydrogen-bond donors (Lipinski definition) is 2. The van der Waals surface area contributed by atoms with Crippen molar-refractivity contribution in [2.24, 2.45) is 10.8 Å². The van der Waals surface area contributed by atoms with Crippen LogP contribution in [0.5, 0.6) is 0 Å². The summed E-state index contributed by atoms with van der Waals surface area (Å²) in [6, 6.07) is 0. The van der Waals surface area contributed by atoms with Crippen LogP contribution >= 0.6 is 0 Å². The predicted octanol–water partition coefficient (Wildman–Crippen LogP) is -0.0636. The maximum absolute atomic E-state index is 5.42. The van der Waals surface area contributed by atoms with E-state index in [1.165, 1.54) is 0 Å². The van der Waals surface area contributed by atoms with Crippen molar-refractivity contribution in [2.75, 3.05) is 26.7 Å². The van der Waals surface area contributed by atoms with Crippen LogP contribution < -0.4 is 11.3 Å². The zero-order valence-corrected chi connectivity index (χ0v) is 8.99. The number of methoxy groups -OCH3 is 1. The van der Waals surface area contributed by atoms with Gasteiger partial charge in [0.15, 0.2) is 0 Å². The van der Waals surface area contributed by atoms with Crippen molar-refractivity contribution in [3.63, 3.8) is 0 Å². The van der Waals surface area contributed by atoms with Crippen LogP contribution in [-0.4, -0.2) is 43.7 Å². The van der Waals surface area contributed by atoms with Gasteiger partial charge in [0.1, 0.15) is 0 Å². The summed E-state index contributed by atoms with van der Waals surface area (Å²) < 4.78 is 5.28. The summed E-state index contributed by atoms with van der Waals surface area (Å²) in [7, 11) is 1.74. The Morgan fingerprint density at radius 1 is 1.71 bits per heavy atom. The molecule has 0 aliphatic carbocycles. The molecule has 1 rings (SSSR count). The number of nitrogens with two attached hydrogens (primary N) is 1. The molecule has 1 atom stereocenters. The van der Waals surface area contributed by atoms with Crippen LogP contribution in [0.15, 0.2) is 4.99 Å². The highest BCUT2D eigenvalue weighted by molar-refractivity contribution is 5.79. The van der Waals surface area contributed by atoms with Crippen molar-refractivity contribution in [1.29, 1.82) is 0 Å². The molecular weight excluding hydrogens is 180 g/mol. The third-order valence-corrected chi connectivity index (χ3v) is 2.39. The molecule has 5 heteroatoms. The smallest absolute Gasteiger partial charge is 0.208 e. The maximum Gasteiger partial charge on any atom is 0.208 e. The molecule has 5 nitrogen and oxygen atoms in total. The Balaban J connectivity index is 2.46. The number of nitrogens with one attached hydrogen (secondary N) is 1. The van der Waals surface area contributed by atoms with E-state index in [1.54, 1.807) is 7.11 Å². The quantitative estimate of drug-likeness (QED) is 0.290. The normalized spacial score (nSPS) is 22.9. The summed E-state index contributed by atoms with van der Waals surface area (Å²) in [5.74, 6) is 6.20. The number of nitrogens with zero attached hydrogens (tertiary/aromatic N) is 2. The first-order valence-corrected chi connectivity index (χ1v) is 5.10. The lowest BCUT2D eigenvalue weighted by atomic mass is 10.3. The molecule has 0 bridgehead atoms. The molecule has 3 N–H and O–H groups in total. The van der Waals surface area contributed by atoms with Gasteiger partial charge in [0.05, 0.1) is 6.10 Å². The van der Waals surface area contributed by atoms with E-state index in [0.717, 1.165) is 38.4 Å². The van der Waals surface area contributed by atoms with Crippen LogP contribution in [0.4, 0.5) is 0 Å². The first-order chi connectivity index (χ1) is 6.81. The lowest BCUT2D eigenvalue weighted by molar-refractivity contribution is 0.114. The number of hydrogen-bond acceptors (Lipinski definition) is 3. The van der Waals surface area contributed by atoms with Gasteiger partial charge in [0.25, 0.3) is 0 Å². The second-order valence-corrected chi connectivity index (χ2v) is 3.44. The van der Waals surface area contributed by atoms with Gasteiger partial charge in [-0.25, -0.2) is 5.84 Å². The van der Waals surface area contributed by atoms with E-state index < -0.39 is 0 Å². The fourth-order valence-corrected chi connectivity index (χ4v) is 1.57. The molecule has 0 aromatic carbocycles. The zero-order valence-electron chi connectivity index (χ0n) is 8.99. The van der Waals surface area contributed by atoms with Gasteiger partial charge in [-0.3, -0.25) is 10.4 Å². The Labute approximate surface area is 85.3 Å². The molecule has 0 amide bonds. The topological polar surface area (TPSA) is 62.9 Å². The SMILES string of the molecule is CCCN=C(NN)N1CCC(OC)C1. The van der Waals surface area contributed by atoms with Crippen molar-refractivity contribution >= 4 is 5.96 Å². The van der Waals surface area contributed by atoms with Gasteiger partial charge in [-0.2, -0.15) is 0 Å². The van der Waals surface area contributed by atoms with Gasteiger partial charge in [0.2, 0.25) is 5.96 Å². The average Bonchev–Trinajstić information content (AvgIpc) is 2.68. The summed E-state index contributed by atoms with van der Waals surface area (Å²) in [4.78, 5) is 6.49. The summed E-state index contributed by atoms with van der Waals surface area (Å²) in [5, 5.41) is 0.